The number of nitrogens with one attached hydrogen (secondary N) is 1. The van der Waals surface area contributed by atoms with E-state index in [9.17, 15) is 4.79 Å². The number of ether oxygens (including phenoxy) is 1. The molecule has 0 bridgehead atoms. The van der Waals surface area contributed by atoms with Crippen LogP contribution in [0.2, 0.25) is 10.0 Å². The summed E-state index contributed by atoms with van der Waals surface area (Å²) in [6, 6.07) is 12.7. The number of benzene rings is 2. The van der Waals surface area contributed by atoms with Crippen molar-refractivity contribution < 1.29 is 9.53 Å². The third kappa shape index (κ3) is 5.88. The molecule has 0 aliphatic heterocycles. The summed E-state index contributed by atoms with van der Waals surface area (Å²) >= 11 is 13.2. The van der Waals surface area contributed by atoms with Crippen LogP contribution in [0.3, 0.4) is 0 Å². The molecule has 3 aromatic rings. The molecule has 1 heterocycles. The van der Waals surface area contributed by atoms with Gasteiger partial charge >= 0.3 is 0 Å². The van der Waals surface area contributed by atoms with Gasteiger partial charge in [-0.2, -0.15) is 0 Å². The minimum Gasteiger partial charge on any atom is -0.483 e. The average Bonchev–Trinajstić information content (AvgIpc) is 3.01. The number of aromatic nitrogens is 3. The number of carbonyl (C=O) groups is 1. The lowest BCUT2D eigenvalue weighted by molar-refractivity contribution is -0.113. The van der Waals surface area contributed by atoms with E-state index >= 15 is 0 Å². The lowest BCUT2D eigenvalue weighted by atomic mass is 10.2. The van der Waals surface area contributed by atoms with E-state index in [1.165, 1.54) is 17.3 Å². The lowest BCUT2D eigenvalue weighted by Gasteiger charge is -2.14. The molecule has 1 aromatic heterocycles. The summed E-state index contributed by atoms with van der Waals surface area (Å²) in [5.74, 6) is 1.42. The first kappa shape index (κ1) is 21.5. The SMILES string of the molecule is Cc1ccc(OC(C)c2nnc(SCC(=O)Nc3cc(Cl)cc(Cl)c3)n2C)cc1. The van der Waals surface area contributed by atoms with Crippen molar-refractivity contribution in [3.8, 4) is 5.75 Å². The maximum atomic E-state index is 12.2. The number of hydrogen-bond donors (Lipinski definition) is 1. The Labute approximate surface area is 183 Å². The van der Waals surface area contributed by atoms with E-state index in [4.69, 9.17) is 27.9 Å². The fraction of sp³-hybridized carbons (Fsp3) is 0.250. The molecule has 6 nitrogen and oxygen atoms in total. The molecule has 0 radical (unpaired) electrons. The largest absolute Gasteiger partial charge is 0.483 e. The van der Waals surface area contributed by atoms with E-state index in [0.717, 1.165) is 5.75 Å². The highest BCUT2D eigenvalue weighted by atomic mass is 35.5. The maximum Gasteiger partial charge on any atom is 0.234 e. The van der Waals surface area contributed by atoms with Crippen molar-refractivity contribution >= 4 is 46.6 Å². The number of amides is 1. The number of aryl methyl sites for hydroxylation is 1. The summed E-state index contributed by atoms with van der Waals surface area (Å²) in [6.07, 6.45) is -0.285. The highest BCUT2D eigenvalue weighted by molar-refractivity contribution is 7.99. The Hall–Kier alpha value is -2.22. The van der Waals surface area contributed by atoms with Gasteiger partial charge in [0.05, 0.1) is 5.75 Å². The number of thioether (sulfide) groups is 1. The van der Waals surface area contributed by atoms with E-state index in [1.54, 1.807) is 18.2 Å². The third-order valence-corrected chi connectivity index (χ3v) is 5.50. The van der Waals surface area contributed by atoms with Crippen LogP contribution in [0.1, 0.15) is 24.4 Å². The molecule has 2 aromatic carbocycles. The number of halogens is 2. The zero-order chi connectivity index (χ0) is 21.0. The molecule has 1 unspecified atom stereocenters. The Morgan fingerprint density at radius 1 is 1.17 bits per heavy atom. The van der Waals surface area contributed by atoms with Crippen molar-refractivity contribution in [3.05, 3.63) is 63.9 Å². The summed E-state index contributed by atoms with van der Waals surface area (Å²) in [7, 11) is 1.85. The standard InChI is InChI=1S/C20H20Cl2N4O2S/c1-12-4-6-17(7-5-12)28-13(2)19-24-25-20(26(19)3)29-11-18(27)23-16-9-14(21)8-15(22)10-16/h4-10,13H,11H2,1-3H3,(H,23,27). The molecule has 9 heteroatoms. The van der Waals surface area contributed by atoms with Crippen molar-refractivity contribution in [2.45, 2.75) is 25.1 Å². The summed E-state index contributed by atoms with van der Waals surface area (Å²) < 4.78 is 7.77. The number of hydrogen-bond acceptors (Lipinski definition) is 5. The molecule has 0 saturated heterocycles. The van der Waals surface area contributed by atoms with Crippen LogP contribution in [0.15, 0.2) is 47.6 Å². The minimum atomic E-state index is -0.285. The Kier molecular flexibility index (Phi) is 7.05. The Bertz CT molecular complexity index is 988. The molecule has 0 aliphatic rings. The Morgan fingerprint density at radius 2 is 1.83 bits per heavy atom. The Balaban J connectivity index is 1.58. The predicted molar refractivity (Wildman–Crippen MR) is 117 cm³/mol. The monoisotopic (exact) mass is 450 g/mol. The van der Waals surface area contributed by atoms with Gasteiger partial charge in [0.2, 0.25) is 5.91 Å². The molecule has 1 atom stereocenters. The second-order valence-corrected chi connectivity index (χ2v) is 8.28. The highest BCUT2D eigenvalue weighted by Crippen LogP contribution is 2.25. The van der Waals surface area contributed by atoms with Gasteiger partial charge in [-0.3, -0.25) is 4.79 Å². The minimum absolute atomic E-state index is 0.170. The van der Waals surface area contributed by atoms with Gasteiger partial charge in [0, 0.05) is 22.8 Å². The summed E-state index contributed by atoms with van der Waals surface area (Å²) in [4.78, 5) is 12.2. The lowest BCUT2D eigenvalue weighted by Crippen LogP contribution is -2.15. The van der Waals surface area contributed by atoms with Crippen molar-refractivity contribution in [1.82, 2.24) is 14.8 Å². The zero-order valence-corrected chi connectivity index (χ0v) is 18.5. The summed E-state index contributed by atoms with van der Waals surface area (Å²) in [6.45, 7) is 3.93. The first-order valence-corrected chi connectivity index (χ1v) is 10.6. The molecule has 0 aliphatic carbocycles. The van der Waals surface area contributed by atoms with Crippen molar-refractivity contribution in [3.63, 3.8) is 0 Å². The predicted octanol–water partition coefficient (Wildman–Crippen LogP) is 5.30. The van der Waals surface area contributed by atoms with Gasteiger partial charge in [-0.25, -0.2) is 0 Å². The molecule has 0 fully saturated rings. The van der Waals surface area contributed by atoms with Gasteiger partial charge < -0.3 is 14.6 Å². The number of nitrogens with zero attached hydrogens (tertiary/aromatic N) is 3. The average molecular weight is 451 g/mol. The normalized spacial score (nSPS) is 11.9. The van der Waals surface area contributed by atoms with Crippen LogP contribution in [0.5, 0.6) is 5.75 Å². The molecular formula is C20H20Cl2N4O2S. The van der Waals surface area contributed by atoms with E-state index in [-0.39, 0.29) is 17.8 Å². The highest BCUT2D eigenvalue weighted by Gasteiger charge is 2.18. The molecule has 29 heavy (non-hydrogen) atoms. The molecule has 152 valence electrons. The van der Waals surface area contributed by atoms with Crippen LogP contribution in [0.4, 0.5) is 5.69 Å². The van der Waals surface area contributed by atoms with Gasteiger partial charge in [-0.05, 0) is 44.2 Å². The first-order valence-electron chi connectivity index (χ1n) is 8.83. The van der Waals surface area contributed by atoms with Crippen LogP contribution in [-0.4, -0.2) is 26.4 Å². The molecule has 3 rings (SSSR count). The van der Waals surface area contributed by atoms with E-state index in [2.05, 4.69) is 15.5 Å². The third-order valence-electron chi connectivity index (χ3n) is 4.04. The second kappa shape index (κ2) is 9.52. The quantitative estimate of drug-likeness (QED) is 0.494. The van der Waals surface area contributed by atoms with E-state index < -0.39 is 0 Å². The Morgan fingerprint density at radius 3 is 2.48 bits per heavy atom. The molecule has 1 N–H and O–H groups in total. The zero-order valence-electron chi connectivity index (χ0n) is 16.1. The van der Waals surface area contributed by atoms with Crippen LogP contribution in [0, 0.1) is 6.92 Å². The molecular weight excluding hydrogens is 431 g/mol. The van der Waals surface area contributed by atoms with Crippen molar-refractivity contribution in [1.29, 1.82) is 0 Å². The van der Waals surface area contributed by atoms with E-state index in [0.29, 0.717) is 26.7 Å². The van der Waals surface area contributed by atoms with Gasteiger partial charge in [0.15, 0.2) is 17.1 Å². The number of rotatable bonds is 7. The van der Waals surface area contributed by atoms with Crippen LogP contribution < -0.4 is 10.1 Å². The molecule has 1 amide bonds. The number of carbonyl (C=O) groups excluding carboxylic acids is 1. The van der Waals surface area contributed by atoms with Gasteiger partial charge in [0.25, 0.3) is 0 Å². The number of anilines is 1. The molecule has 0 saturated carbocycles. The molecule has 0 spiro atoms. The first-order chi connectivity index (χ1) is 13.8. The van der Waals surface area contributed by atoms with Crippen LogP contribution >= 0.6 is 35.0 Å². The van der Waals surface area contributed by atoms with Crippen LogP contribution in [0.25, 0.3) is 0 Å². The van der Waals surface area contributed by atoms with Gasteiger partial charge in [-0.15, -0.1) is 10.2 Å². The summed E-state index contributed by atoms with van der Waals surface area (Å²) in [5, 5.41) is 12.7. The van der Waals surface area contributed by atoms with Crippen molar-refractivity contribution in [2.24, 2.45) is 7.05 Å². The van der Waals surface area contributed by atoms with E-state index in [1.807, 2.05) is 49.7 Å². The maximum absolute atomic E-state index is 12.2. The topological polar surface area (TPSA) is 69.0 Å². The van der Waals surface area contributed by atoms with Crippen LogP contribution in [-0.2, 0) is 11.8 Å². The fourth-order valence-corrected chi connectivity index (χ4v) is 3.88. The smallest absolute Gasteiger partial charge is 0.234 e. The fourth-order valence-electron chi connectivity index (χ4n) is 2.63. The summed E-state index contributed by atoms with van der Waals surface area (Å²) in [5.41, 5.74) is 1.72. The second-order valence-electron chi connectivity index (χ2n) is 6.47. The van der Waals surface area contributed by atoms with Gasteiger partial charge in [-0.1, -0.05) is 52.7 Å². The van der Waals surface area contributed by atoms with Gasteiger partial charge in [0.1, 0.15) is 5.75 Å². The van der Waals surface area contributed by atoms with Crippen molar-refractivity contribution in [2.75, 3.05) is 11.1 Å².